The summed E-state index contributed by atoms with van der Waals surface area (Å²) in [5, 5.41) is 29.0. The van der Waals surface area contributed by atoms with Crippen LogP contribution in [0.4, 0.5) is 26.3 Å². The molecule has 2 fully saturated rings. The zero-order chi connectivity index (χ0) is 56.6. The average molecular weight is 1220 g/mol. The summed E-state index contributed by atoms with van der Waals surface area (Å²) >= 11 is 12.3. The van der Waals surface area contributed by atoms with E-state index in [-0.39, 0.29) is 74.3 Å². The molecular formula is C50H54BrClF6N10O8S2. The topological polar surface area (TPSA) is 215 Å². The number of nitrogens with one attached hydrogen (secondary N) is 2. The van der Waals surface area contributed by atoms with Crippen LogP contribution in [0, 0.1) is 11.6 Å². The molecule has 4 atom stereocenters. The predicted octanol–water partition coefficient (Wildman–Crippen LogP) is 7.25. The normalized spacial score (nSPS) is 21.2. The highest BCUT2D eigenvalue weighted by atomic mass is 79.9. The highest BCUT2D eigenvalue weighted by Crippen LogP contribution is 2.41. The number of aliphatic carboxylic acids is 2. The van der Waals surface area contributed by atoms with Crippen LogP contribution in [0.15, 0.2) is 96.5 Å². The molecule has 4 aliphatic rings. The van der Waals surface area contributed by atoms with Gasteiger partial charge in [-0.25, -0.2) is 45.9 Å². The molecule has 6 heterocycles. The molecule has 2 saturated heterocycles. The van der Waals surface area contributed by atoms with E-state index in [9.17, 15) is 45.5 Å². The van der Waals surface area contributed by atoms with Gasteiger partial charge in [-0.15, -0.1) is 22.7 Å². The molecule has 0 saturated carbocycles. The van der Waals surface area contributed by atoms with Gasteiger partial charge in [-0.1, -0.05) is 39.7 Å². The maximum Gasteiger partial charge on any atom is 0.338 e. The van der Waals surface area contributed by atoms with Gasteiger partial charge in [0.2, 0.25) is 0 Å². The Labute approximate surface area is 465 Å². The molecule has 0 bridgehead atoms. The number of carboxylic acid groups (broad SMARTS) is 2. The van der Waals surface area contributed by atoms with Crippen molar-refractivity contribution in [2.45, 2.75) is 62.7 Å². The van der Waals surface area contributed by atoms with E-state index in [0.29, 0.717) is 43.0 Å². The molecule has 78 heavy (non-hydrogen) atoms. The number of alkyl halides is 4. The maximum atomic E-state index is 14.6. The maximum absolute atomic E-state index is 14.6. The van der Waals surface area contributed by atoms with Crippen molar-refractivity contribution in [1.82, 2.24) is 40.2 Å². The SMILES string of the molecule is CCOC(=O)C1=C(CN2CC(F)(F)CC2CN(C)CC(=O)O)NC(c2nccs2)=NC1c1ccc(F)cc1Br.CCOC(=O)C1=C(CN2CC(F)(F)CC2CN(C)CC(=O)O)NC(c2nccs2)=NC1c1ccc(F)cc1Cl. The van der Waals surface area contributed by atoms with Crippen molar-refractivity contribution in [2.75, 3.05) is 79.7 Å². The number of benzene rings is 2. The van der Waals surface area contributed by atoms with E-state index >= 15 is 0 Å². The molecule has 4 aromatic rings. The third-order valence-electron chi connectivity index (χ3n) is 12.6. The van der Waals surface area contributed by atoms with E-state index in [1.807, 2.05) is 0 Å². The van der Waals surface area contributed by atoms with E-state index < -0.39 is 97.5 Å². The lowest BCUT2D eigenvalue weighted by Crippen LogP contribution is -2.45. The van der Waals surface area contributed by atoms with Crippen molar-refractivity contribution in [2.24, 2.45) is 9.98 Å². The van der Waals surface area contributed by atoms with Crippen LogP contribution < -0.4 is 10.6 Å². The van der Waals surface area contributed by atoms with Crippen molar-refractivity contribution >= 4 is 85.8 Å². The fraction of sp³-hybridized carbons (Fsp3) is 0.440. The lowest BCUT2D eigenvalue weighted by atomic mass is 9.95. The number of likely N-dealkylation sites (tertiary alicyclic amines) is 2. The summed E-state index contributed by atoms with van der Waals surface area (Å²) in [6, 6.07) is 4.39. The number of aromatic nitrogens is 2. The molecule has 0 amide bonds. The first-order valence-corrected chi connectivity index (χ1v) is 27.1. The van der Waals surface area contributed by atoms with Gasteiger partial charge in [0, 0.05) is 101 Å². The first-order valence-electron chi connectivity index (χ1n) is 24.2. The van der Waals surface area contributed by atoms with Crippen molar-refractivity contribution in [1.29, 1.82) is 0 Å². The highest BCUT2D eigenvalue weighted by molar-refractivity contribution is 9.10. The molecule has 0 spiro atoms. The molecule has 2 aromatic carbocycles. The van der Waals surface area contributed by atoms with Crippen LogP contribution in [0.25, 0.3) is 0 Å². The lowest BCUT2D eigenvalue weighted by Gasteiger charge is -2.32. The van der Waals surface area contributed by atoms with Gasteiger partial charge in [0.1, 0.15) is 23.7 Å². The number of ether oxygens (including phenoxy) is 2. The van der Waals surface area contributed by atoms with Gasteiger partial charge in [-0.05, 0) is 57.8 Å². The molecule has 2 aromatic heterocycles. The number of likely N-dealkylation sites (N-methyl/N-ethyl adjacent to an activating group) is 2. The Morgan fingerprint density at radius 2 is 1.15 bits per heavy atom. The van der Waals surface area contributed by atoms with E-state index in [0.717, 1.165) is 6.07 Å². The molecule has 4 aliphatic heterocycles. The minimum absolute atomic E-state index is 0.0335. The number of rotatable bonds is 20. The van der Waals surface area contributed by atoms with Gasteiger partial charge < -0.3 is 30.3 Å². The molecule has 0 radical (unpaired) electrons. The second kappa shape index (κ2) is 26.0. The van der Waals surface area contributed by atoms with Crippen LogP contribution in [0.5, 0.6) is 0 Å². The van der Waals surface area contributed by atoms with Crippen LogP contribution in [0.1, 0.15) is 59.9 Å². The first-order chi connectivity index (χ1) is 36.9. The van der Waals surface area contributed by atoms with E-state index in [2.05, 4.69) is 41.5 Å². The van der Waals surface area contributed by atoms with Gasteiger partial charge in [-0.3, -0.25) is 39.2 Å². The first kappa shape index (κ1) is 59.8. The zero-order valence-corrected chi connectivity index (χ0v) is 46.3. The summed E-state index contributed by atoms with van der Waals surface area (Å²) < 4.78 is 97.4. The smallest absolute Gasteiger partial charge is 0.338 e. The Balaban J connectivity index is 0.000000226. The number of halogens is 8. The third kappa shape index (κ3) is 15.3. The Bertz CT molecular complexity index is 2780. The quantitative estimate of drug-likeness (QED) is 0.0507. The minimum Gasteiger partial charge on any atom is -0.480 e. The number of thiazole rings is 2. The Morgan fingerprint density at radius 3 is 1.54 bits per heavy atom. The van der Waals surface area contributed by atoms with Crippen LogP contribution in [-0.4, -0.2) is 179 Å². The summed E-state index contributed by atoms with van der Waals surface area (Å²) in [5.74, 6) is -9.99. The van der Waals surface area contributed by atoms with Gasteiger partial charge in [-0.2, -0.15) is 0 Å². The van der Waals surface area contributed by atoms with Crippen molar-refractivity contribution in [3.05, 3.63) is 124 Å². The Morgan fingerprint density at radius 1 is 0.731 bits per heavy atom. The monoisotopic (exact) mass is 1210 g/mol. The number of aliphatic imine (C=N–C) groups is 2. The molecular weight excluding hydrogens is 1160 g/mol. The molecule has 420 valence electrons. The number of carbonyl (C=O) groups excluding carboxylic acids is 2. The average Bonchev–Trinajstić information content (AvgIpc) is 4.25. The fourth-order valence-corrected chi connectivity index (χ4v) is 11.5. The number of carbonyl (C=O) groups is 4. The number of hydrogen-bond acceptors (Lipinski definition) is 18. The zero-order valence-electron chi connectivity index (χ0n) is 42.3. The Hall–Kier alpha value is -5.81. The van der Waals surface area contributed by atoms with Crippen LogP contribution in [0.2, 0.25) is 5.02 Å². The molecule has 18 nitrogen and oxygen atoms in total. The molecule has 4 N–H and O–H groups in total. The van der Waals surface area contributed by atoms with Gasteiger partial charge in [0.05, 0.1) is 50.5 Å². The second-order valence-electron chi connectivity index (χ2n) is 18.7. The van der Waals surface area contributed by atoms with Gasteiger partial charge >= 0.3 is 23.9 Å². The van der Waals surface area contributed by atoms with E-state index in [1.165, 1.54) is 72.6 Å². The number of esters is 2. The number of hydrogen-bond donors (Lipinski definition) is 4. The number of nitrogens with zero attached hydrogens (tertiary/aromatic N) is 8. The third-order valence-corrected chi connectivity index (χ3v) is 15.1. The summed E-state index contributed by atoms with van der Waals surface area (Å²) in [4.78, 5) is 72.8. The summed E-state index contributed by atoms with van der Waals surface area (Å²) in [7, 11) is 3.10. The Kier molecular flexibility index (Phi) is 19.9. The van der Waals surface area contributed by atoms with E-state index in [4.69, 9.17) is 36.3 Å². The predicted molar refractivity (Wildman–Crippen MR) is 282 cm³/mol. The molecule has 28 heteroatoms. The molecule has 0 aliphatic carbocycles. The van der Waals surface area contributed by atoms with Crippen molar-refractivity contribution in [3.63, 3.8) is 0 Å². The summed E-state index contributed by atoms with van der Waals surface area (Å²) in [6.07, 6.45) is 2.23. The number of amidine groups is 2. The van der Waals surface area contributed by atoms with Gasteiger partial charge in [0.25, 0.3) is 11.8 Å². The fourth-order valence-electron chi connectivity index (χ4n) is 9.51. The van der Waals surface area contributed by atoms with E-state index in [1.54, 1.807) is 51.1 Å². The van der Waals surface area contributed by atoms with Crippen LogP contribution in [0.3, 0.4) is 0 Å². The molecule has 4 unspecified atom stereocenters. The standard InChI is InChI=1S/C25H27BrF3N5O4S.C25H27ClF3N5O4S/c2*1-3-38-24(37)20-18(11-34-13-25(28,29)9-15(34)10-33(2)12-19(35)36)31-22(23-30-6-7-39-23)32-21(20)16-5-4-14(27)8-17(16)26/h2*4-8,15,21H,3,9-13H2,1-2H3,(H,31,32)(H,35,36). The summed E-state index contributed by atoms with van der Waals surface area (Å²) in [6.45, 7) is 1.58. The number of carboxylic acids is 2. The van der Waals surface area contributed by atoms with Crippen molar-refractivity contribution < 1.29 is 65.2 Å². The van der Waals surface area contributed by atoms with Crippen LogP contribution in [-0.2, 0) is 28.7 Å². The second-order valence-corrected chi connectivity index (χ2v) is 21.7. The van der Waals surface area contributed by atoms with Gasteiger partial charge in [0.15, 0.2) is 21.7 Å². The lowest BCUT2D eigenvalue weighted by molar-refractivity contribution is -0.139. The largest absolute Gasteiger partial charge is 0.480 e. The molecule has 8 rings (SSSR count). The minimum atomic E-state index is -3.01. The highest BCUT2D eigenvalue weighted by Gasteiger charge is 2.48. The van der Waals surface area contributed by atoms with Crippen LogP contribution >= 0.6 is 50.2 Å². The summed E-state index contributed by atoms with van der Waals surface area (Å²) in [5.41, 5.74) is 1.55. The van der Waals surface area contributed by atoms with Crippen molar-refractivity contribution in [3.8, 4) is 0 Å².